The Balaban J connectivity index is 1.75. The molecule has 0 unspecified atom stereocenters. The number of nitrogens with one attached hydrogen (secondary N) is 2. The molecule has 136 valence electrons. The van der Waals surface area contributed by atoms with Crippen LogP contribution in [0.2, 0.25) is 0 Å². The molecule has 1 heterocycles. The summed E-state index contributed by atoms with van der Waals surface area (Å²) in [7, 11) is 0. The summed E-state index contributed by atoms with van der Waals surface area (Å²) in [6, 6.07) is 13.5. The average Bonchev–Trinajstić information content (AvgIpc) is 3.19. The summed E-state index contributed by atoms with van der Waals surface area (Å²) in [5.74, 6) is -0.647. The summed E-state index contributed by atoms with van der Waals surface area (Å²) in [5, 5.41) is 16.1. The number of hydrogen-bond donors (Lipinski definition) is 2. The lowest BCUT2D eigenvalue weighted by atomic mass is 10.1. The van der Waals surface area contributed by atoms with E-state index in [4.69, 9.17) is 4.42 Å². The molecule has 0 aliphatic rings. The average molecular weight is 365 g/mol. The smallest absolute Gasteiger partial charge is 0.291 e. The fraction of sp³-hybridized carbons (Fsp3) is 0.0526. The largest absolute Gasteiger partial charge is 0.459 e. The van der Waals surface area contributed by atoms with Gasteiger partial charge in [0.1, 0.15) is 0 Å². The van der Waals surface area contributed by atoms with E-state index in [1.54, 1.807) is 30.3 Å². The molecule has 2 N–H and O–H groups in total. The molecule has 2 aromatic carbocycles. The van der Waals surface area contributed by atoms with Crippen LogP contribution in [-0.4, -0.2) is 16.7 Å². The topological polar surface area (TPSA) is 114 Å². The molecule has 3 rings (SSSR count). The zero-order chi connectivity index (χ0) is 19.4. The highest BCUT2D eigenvalue weighted by Gasteiger charge is 2.13. The van der Waals surface area contributed by atoms with Gasteiger partial charge in [-0.1, -0.05) is 6.07 Å². The molecule has 0 atom stereocenters. The number of aryl methyl sites for hydroxylation is 1. The molecule has 2 amide bonds. The maximum absolute atomic E-state index is 12.4. The van der Waals surface area contributed by atoms with Gasteiger partial charge in [0.15, 0.2) is 5.76 Å². The van der Waals surface area contributed by atoms with Crippen molar-refractivity contribution in [1.29, 1.82) is 0 Å². The Bertz CT molecular complexity index is 995. The minimum atomic E-state index is -0.531. The second-order valence-corrected chi connectivity index (χ2v) is 5.72. The lowest BCUT2D eigenvalue weighted by Crippen LogP contribution is -2.14. The molecule has 0 aliphatic carbocycles. The Morgan fingerprint density at radius 3 is 2.37 bits per heavy atom. The SMILES string of the molecule is Cc1ccc(NC(=O)c2ccco2)cc1NC(=O)c1ccc([N+](=O)[O-])cc1. The molecule has 0 saturated carbocycles. The Hall–Kier alpha value is -3.94. The first kappa shape index (κ1) is 17.9. The van der Waals surface area contributed by atoms with Crippen LogP contribution in [0.4, 0.5) is 17.1 Å². The summed E-state index contributed by atoms with van der Waals surface area (Å²) in [6.07, 6.45) is 1.40. The first-order valence-electron chi connectivity index (χ1n) is 7.95. The van der Waals surface area contributed by atoms with Gasteiger partial charge in [0.2, 0.25) is 0 Å². The summed E-state index contributed by atoms with van der Waals surface area (Å²) >= 11 is 0. The van der Waals surface area contributed by atoms with Gasteiger partial charge >= 0.3 is 0 Å². The van der Waals surface area contributed by atoms with Crippen LogP contribution in [0, 0.1) is 17.0 Å². The van der Waals surface area contributed by atoms with Crippen LogP contribution in [0.25, 0.3) is 0 Å². The predicted molar refractivity (Wildman–Crippen MR) is 98.9 cm³/mol. The number of non-ortho nitro benzene ring substituents is 1. The van der Waals surface area contributed by atoms with Crippen molar-refractivity contribution in [2.24, 2.45) is 0 Å². The van der Waals surface area contributed by atoms with Gasteiger partial charge in [-0.3, -0.25) is 19.7 Å². The summed E-state index contributed by atoms with van der Waals surface area (Å²) in [4.78, 5) is 34.6. The second kappa shape index (κ2) is 7.52. The first-order chi connectivity index (χ1) is 12.9. The minimum Gasteiger partial charge on any atom is -0.459 e. The van der Waals surface area contributed by atoms with Gasteiger partial charge < -0.3 is 15.1 Å². The van der Waals surface area contributed by atoms with Crippen molar-refractivity contribution in [1.82, 2.24) is 0 Å². The van der Waals surface area contributed by atoms with Crippen LogP contribution in [0.3, 0.4) is 0 Å². The molecule has 0 fully saturated rings. The lowest BCUT2D eigenvalue weighted by molar-refractivity contribution is -0.384. The van der Waals surface area contributed by atoms with Crippen LogP contribution in [0.1, 0.15) is 26.5 Å². The number of hydrogen-bond acceptors (Lipinski definition) is 5. The highest BCUT2D eigenvalue weighted by molar-refractivity contribution is 6.06. The van der Waals surface area contributed by atoms with Crippen LogP contribution in [-0.2, 0) is 0 Å². The van der Waals surface area contributed by atoms with E-state index in [0.29, 0.717) is 11.4 Å². The maximum atomic E-state index is 12.4. The van der Waals surface area contributed by atoms with Crippen molar-refractivity contribution in [3.63, 3.8) is 0 Å². The highest BCUT2D eigenvalue weighted by atomic mass is 16.6. The van der Waals surface area contributed by atoms with Crippen LogP contribution in [0.5, 0.6) is 0 Å². The van der Waals surface area contributed by atoms with Gasteiger partial charge in [-0.2, -0.15) is 0 Å². The van der Waals surface area contributed by atoms with E-state index in [-0.39, 0.29) is 17.0 Å². The number of amides is 2. The van der Waals surface area contributed by atoms with Crippen molar-refractivity contribution < 1.29 is 18.9 Å². The standard InChI is InChI=1S/C19H15N3O5/c1-12-4-7-14(20-19(24)17-3-2-10-27-17)11-16(12)21-18(23)13-5-8-15(9-6-13)22(25)26/h2-11H,1H3,(H,20,24)(H,21,23). The van der Waals surface area contributed by atoms with E-state index in [0.717, 1.165) is 5.56 Å². The number of nitro groups is 1. The number of nitro benzene ring substituents is 1. The van der Waals surface area contributed by atoms with E-state index in [2.05, 4.69) is 10.6 Å². The molecule has 0 bridgehead atoms. The highest BCUT2D eigenvalue weighted by Crippen LogP contribution is 2.22. The molecule has 27 heavy (non-hydrogen) atoms. The molecule has 0 spiro atoms. The molecule has 0 radical (unpaired) electrons. The van der Waals surface area contributed by atoms with E-state index in [1.807, 2.05) is 6.92 Å². The summed E-state index contributed by atoms with van der Waals surface area (Å²) in [5.41, 5.74) is 1.98. The Morgan fingerprint density at radius 2 is 1.74 bits per heavy atom. The number of carbonyl (C=O) groups excluding carboxylic acids is 2. The Kier molecular flexibility index (Phi) is 4.98. The van der Waals surface area contributed by atoms with Crippen LogP contribution >= 0.6 is 0 Å². The zero-order valence-corrected chi connectivity index (χ0v) is 14.3. The fourth-order valence-corrected chi connectivity index (χ4v) is 2.36. The summed E-state index contributed by atoms with van der Waals surface area (Å²) in [6.45, 7) is 1.81. The molecule has 0 aliphatic heterocycles. The summed E-state index contributed by atoms with van der Waals surface area (Å²) < 4.78 is 5.04. The number of carbonyl (C=O) groups is 2. The molecular formula is C19H15N3O5. The fourth-order valence-electron chi connectivity index (χ4n) is 2.36. The number of furan rings is 1. The Labute approximate surface area is 154 Å². The van der Waals surface area contributed by atoms with Gasteiger partial charge in [0, 0.05) is 29.1 Å². The monoisotopic (exact) mass is 365 g/mol. The van der Waals surface area contributed by atoms with Gasteiger partial charge in [0.05, 0.1) is 11.2 Å². The quantitative estimate of drug-likeness (QED) is 0.524. The minimum absolute atomic E-state index is 0.0923. The molecule has 1 aromatic heterocycles. The third-order valence-electron chi connectivity index (χ3n) is 3.83. The van der Waals surface area contributed by atoms with Crippen LogP contribution < -0.4 is 10.6 Å². The van der Waals surface area contributed by atoms with Gasteiger partial charge in [-0.05, 0) is 48.9 Å². The molecule has 8 heteroatoms. The molecule has 8 nitrogen and oxygen atoms in total. The van der Waals surface area contributed by atoms with Gasteiger partial charge in [0.25, 0.3) is 17.5 Å². The molecule has 0 saturated heterocycles. The second-order valence-electron chi connectivity index (χ2n) is 5.72. The maximum Gasteiger partial charge on any atom is 0.291 e. The van der Waals surface area contributed by atoms with Crippen molar-refractivity contribution in [2.75, 3.05) is 10.6 Å². The Morgan fingerprint density at radius 1 is 1.00 bits per heavy atom. The van der Waals surface area contributed by atoms with E-state index < -0.39 is 16.7 Å². The van der Waals surface area contributed by atoms with Crippen LogP contribution in [0.15, 0.2) is 65.3 Å². The zero-order valence-electron chi connectivity index (χ0n) is 14.3. The number of benzene rings is 2. The number of rotatable bonds is 5. The van der Waals surface area contributed by atoms with Crippen molar-refractivity contribution in [3.05, 3.63) is 87.9 Å². The van der Waals surface area contributed by atoms with E-state index in [1.165, 1.54) is 30.5 Å². The normalized spacial score (nSPS) is 10.3. The van der Waals surface area contributed by atoms with Crippen molar-refractivity contribution >= 4 is 28.9 Å². The molecule has 3 aromatic rings. The number of nitrogens with zero attached hydrogens (tertiary/aromatic N) is 1. The van der Waals surface area contributed by atoms with E-state index in [9.17, 15) is 19.7 Å². The molecular weight excluding hydrogens is 350 g/mol. The number of anilines is 2. The predicted octanol–water partition coefficient (Wildman–Crippen LogP) is 4.00. The van der Waals surface area contributed by atoms with E-state index >= 15 is 0 Å². The first-order valence-corrected chi connectivity index (χ1v) is 7.95. The third-order valence-corrected chi connectivity index (χ3v) is 3.83. The van der Waals surface area contributed by atoms with Crippen molar-refractivity contribution in [3.8, 4) is 0 Å². The third kappa shape index (κ3) is 4.18. The van der Waals surface area contributed by atoms with Crippen molar-refractivity contribution in [2.45, 2.75) is 6.92 Å². The van der Waals surface area contributed by atoms with Gasteiger partial charge in [-0.25, -0.2) is 0 Å². The lowest BCUT2D eigenvalue weighted by Gasteiger charge is -2.11. The van der Waals surface area contributed by atoms with Gasteiger partial charge in [-0.15, -0.1) is 0 Å².